The molecule has 0 aliphatic rings. The van der Waals surface area contributed by atoms with Crippen LogP contribution >= 0.6 is 11.3 Å². The van der Waals surface area contributed by atoms with Crippen molar-refractivity contribution < 1.29 is 18.3 Å². The number of hydrogen-bond acceptors (Lipinski definition) is 6. The van der Waals surface area contributed by atoms with Gasteiger partial charge in [-0.25, -0.2) is 18.2 Å². The molecule has 25 heavy (non-hydrogen) atoms. The van der Waals surface area contributed by atoms with Gasteiger partial charge in [0.2, 0.25) is 0 Å². The molecule has 2 N–H and O–H groups in total. The van der Waals surface area contributed by atoms with E-state index in [1.165, 1.54) is 18.3 Å². The molecular formula is C16H21N3O4S2. The molecule has 0 saturated heterocycles. The molecule has 0 unspecified atom stereocenters. The number of nitrogens with one attached hydrogen (secondary N) is 1. The first kappa shape index (κ1) is 19.2. The zero-order valence-corrected chi connectivity index (χ0v) is 15.7. The van der Waals surface area contributed by atoms with Crippen molar-refractivity contribution in [1.29, 1.82) is 0 Å². The van der Waals surface area contributed by atoms with Gasteiger partial charge in [0.15, 0.2) is 0 Å². The lowest BCUT2D eigenvalue weighted by atomic mass is 10.2. The Morgan fingerprint density at radius 2 is 2.16 bits per heavy atom. The lowest BCUT2D eigenvalue weighted by Crippen LogP contribution is -2.27. The summed E-state index contributed by atoms with van der Waals surface area (Å²) < 4.78 is 27.1. The number of hydrogen-bond donors (Lipinski definition) is 2. The Balaban J connectivity index is 2.34. The van der Waals surface area contributed by atoms with E-state index in [2.05, 4.69) is 16.6 Å². The summed E-state index contributed by atoms with van der Waals surface area (Å²) in [6.45, 7) is 5.30. The first-order chi connectivity index (χ1) is 11.9. The SMILES string of the molecule is CCCCN(CC)c1ncc(NS(=O)(=O)c2cccs2)cc1C(=O)O. The largest absolute Gasteiger partial charge is 0.478 e. The van der Waals surface area contributed by atoms with Gasteiger partial charge < -0.3 is 10.0 Å². The van der Waals surface area contributed by atoms with Crippen molar-refractivity contribution in [2.24, 2.45) is 0 Å². The number of carboxylic acid groups (broad SMARTS) is 1. The number of pyridine rings is 1. The van der Waals surface area contributed by atoms with Crippen molar-refractivity contribution >= 4 is 38.8 Å². The van der Waals surface area contributed by atoms with Crippen LogP contribution < -0.4 is 9.62 Å². The van der Waals surface area contributed by atoms with Crippen LogP contribution in [0, 0.1) is 0 Å². The maximum absolute atomic E-state index is 12.3. The van der Waals surface area contributed by atoms with Crippen LogP contribution in [0.25, 0.3) is 0 Å². The van der Waals surface area contributed by atoms with Gasteiger partial charge in [-0.3, -0.25) is 4.72 Å². The van der Waals surface area contributed by atoms with E-state index >= 15 is 0 Å². The van der Waals surface area contributed by atoms with Gasteiger partial charge in [-0.2, -0.15) is 0 Å². The standard InChI is InChI=1S/C16H21N3O4S2/c1-3-5-8-19(4-2)15-13(16(20)21)10-12(11-17-15)18-25(22,23)14-7-6-9-24-14/h6-7,9-11,18H,3-5,8H2,1-2H3,(H,20,21). The van der Waals surface area contributed by atoms with Gasteiger partial charge in [0.1, 0.15) is 15.6 Å². The van der Waals surface area contributed by atoms with Crippen LogP contribution in [0.1, 0.15) is 37.0 Å². The third kappa shape index (κ3) is 4.70. The summed E-state index contributed by atoms with van der Waals surface area (Å²) >= 11 is 1.08. The Kier molecular flexibility index (Phi) is 6.38. The predicted molar refractivity (Wildman–Crippen MR) is 99.1 cm³/mol. The number of thiophene rings is 1. The monoisotopic (exact) mass is 383 g/mol. The van der Waals surface area contributed by atoms with E-state index < -0.39 is 16.0 Å². The average Bonchev–Trinajstić information content (AvgIpc) is 3.11. The number of nitrogens with zero attached hydrogens (tertiary/aromatic N) is 2. The number of aromatic carboxylic acids is 1. The van der Waals surface area contributed by atoms with Crippen LogP contribution in [0.3, 0.4) is 0 Å². The second-order valence-corrected chi connectivity index (χ2v) is 8.23. The Labute approximate surface area is 151 Å². The summed E-state index contributed by atoms with van der Waals surface area (Å²) in [5.74, 6) is -0.794. The predicted octanol–water partition coefficient (Wildman–Crippen LogP) is 3.27. The fourth-order valence-corrected chi connectivity index (χ4v) is 4.33. The Hall–Kier alpha value is -2.13. The Morgan fingerprint density at radius 3 is 2.72 bits per heavy atom. The molecule has 136 valence electrons. The fraction of sp³-hybridized carbons (Fsp3) is 0.375. The summed E-state index contributed by atoms with van der Waals surface area (Å²) in [5.41, 5.74) is 0.102. The number of rotatable bonds is 9. The molecule has 0 bridgehead atoms. The lowest BCUT2D eigenvalue weighted by Gasteiger charge is -2.23. The summed E-state index contributed by atoms with van der Waals surface area (Å²) in [6.07, 6.45) is 3.25. The highest BCUT2D eigenvalue weighted by atomic mass is 32.2. The summed E-state index contributed by atoms with van der Waals surface area (Å²) in [5, 5.41) is 11.2. The van der Waals surface area contributed by atoms with Gasteiger partial charge in [-0.05, 0) is 30.9 Å². The van der Waals surface area contributed by atoms with E-state index in [1.807, 2.05) is 11.8 Å². The van der Waals surface area contributed by atoms with E-state index in [0.717, 1.165) is 24.2 Å². The minimum absolute atomic E-state index is 0.0238. The highest BCUT2D eigenvalue weighted by Crippen LogP contribution is 2.25. The summed E-state index contributed by atoms with van der Waals surface area (Å²) in [4.78, 5) is 17.7. The minimum Gasteiger partial charge on any atom is -0.478 e. The molecular weight excluding hydrogens is 362 g/mol. The second-order valence-electron chi connectivity index (χ2n) is 5.37. The van der Waals surface area contributed by atoms with E-state index in [-0.39, 0.29) is 15.5 Å². The highest BCUT2D eigenvalue weighted by Gasteiger charge is 2.20. The zero-order chi connectivity index (χ0) is 18.4. The quantitative estimate of drug-likeness (QED) is 0.689. The molecule has 0 fully saturated rings. The number of anilines is 2. The summed E-state index contributed by atoms with van der Waals surface area (Å²) in [7, 11) is -3.74. The van der Waals surface area contributed by atoms with Gasteiger partial charge in [-0.1, -0.05) is 19.4 Å². The molecule has 9 heteroatoms. The molecule has 0 aromatic carbocycles. The van der Waals surface area contributed by atoms with E-state index in [0.29, 0.717) is 18.9 Å². The third-order valence-electron chi connectivity index (χ3n) is 3.57. The Morgan fingerprint density at radius 1 is 1.40 bits per heavy atom. The molecule has 2 rings (SSSR count). The van der Waals surface area contributed by atoms with Gasteiger partial charge in [0.05, 0.1) is 11.9 Å². The van der Waals surface area contributed by atoms with E-state index in [9.17, 15) is 18.3 Å². The van der Waals surface area contributed by atoms with Crippen LogP contribution in [0.5, 0.6) is 0 Å². The molecule has 0 amide bonds. The van der Waals surface area contributed by atoms with Crippen LogP contribution in [-0.4, -0.2) is 37.6 Å². The van der Waals surface area contributed by atoms with Crippen LogP contribution in [0.4, 0.5) is 11.5 Å². The molecule has 2 aromatic heterocycles. The van der Waals surface area contributed by atoms with Gasteiger partial charge in [-0.15, -0.1) is 11.3 Å². The first-order valence-corrected chi connectivity index (χ1v) is 10.3. The number of carboxylic acids is 1. The van der Waals surface area contributed by atoms with E-state index in [4.69, 9.17) is 0 Å². The van der Waals surface area contributed by atoms with Crippen molar-refractivity contribution in [3.05, 3.63) is 35.3 Å². The van der Waals surface area contributed by atoms with Crippen molar-refractivity contribution in [1.82, 2.24) is 4.98 Å². The van der Waals surface area contributed by atoms with Crippen molar-refractivity contribution in [2.75, 3.05) is 22.7 Å². The van der Waals surface area contributed by atoms with Gasteiger partial charge in [0, 0.05) is 13.1 Å². The zero-order valence-electron chi connectivity index (χ0n) is 14.1. The van der Waals surface area contributed by atoms with Crippen molar-refractivity contribution in [3.63, 3.8) is 0 Å². The van der Waals surface area contributed by atoms with Gasteiger partial charge in [0.25, 0.3) is 10.0 Å². The second kappa shape index (κ2) is 8.30. The van der Waals surface area contributed by atoms with Crippen LogP contribution in [0.2, 0.25) is 0 Å². The lowest BCUT2D eigenvalue weighted by molar-refractivity contribution is 0.0697. The fourth-order valence-electron chi connectivity index (χ4n) is 2.31. The average molecular weight is 383 g/mol. The maximum atomic E-state index is 12.3. The van der Waals surface area contributed by atoms with Crippen LogP contribution in [-0.2, 0) is 10.0 Å². The topological polar surface area (TPSA) is 99.6 Å². The van der Waals surface area contributed by atoms with Crippen molar-refractivity contribution in [2.45, 2.75) is 30.9 Å². The van der Waals surface area contributed by atoms with Gasteiger partial charge >= 0.3 is 5.97 Å². The summed E-state index contributed by atoms with van der Waals surface area (Å²) in [6, 6.07) is 4.43. The number of aromatic nitrogens is 1. The molecule has 7 nitrogen and oxygen atoms in total. The number of unbranched alkanes of at least 4 members (excludes halogenated alkanes) is 1. The molecule has 2 aromatic rings. The van der Waals surface area contributed by atoms with E-state index in [1.54, 1.807) is 11.4 Å². The number of carbonyl (C=O) groups is 1. The van der Waals surface area contributed by atoms with Crippen LogP contribution in [0.15, 0.2) is 34.0 Å². The number of sulfonamides is 1. The maximum Gasteiger partial charge on any atom is 0.339 e. The Bertz CT molecular complexity index is 820. The molecule has 0 aliphatic heterocycles. The molecule has 2 heterocycles. The minimum atomic E-state index is -3.74. The molecule has 0 radical (unpaired) electrons. The smallest absolute Gasteiger partial charge is 0.339 e. The molecule has 0 atom stereocenters. The highest BCUT2D eigenvalue weighted by molar-refractivity contribution is 7.94. The van der Waals surface area contributed by atoms with Crippen molar-refractivity contribution in [3.8, 4) is 0 Å². The molecule has 0 spiro atoms. The normalized spacial score (nSPS) is 11.3. The molecule has 0 aliphatic carbocycles. The molecule has 0 saturated carbocycles. The third-order valence-corrected chi connectivity index (χ3v) is 6.35. The first-order valence-electron chi connectivity index (χ1n) is 7.93.